The van der Waals surface area contributed by atoms with Crippen molar-refractivity contribution in [1.29, 1.82) is 0 Å². The molecule has 0 aliphatic rings. The summed E-state index contributed by atoms with van der Waals surface area (Å²) < 4.78 is 16.1. The van der Waals surface area contributed by atoms with Crippen LogP contribution in [0.1, 0.15) is 40.0 Å². The number of unbranched alkanes of at least 4 members (excludes halogenated alkanes) is 1. The fourth-order valence-electron chi connectivity index (χ4n) is 1.61. The van der Waals surface area contributed by atoms with E-state index in [1.165, 1.54) is 0 Å². The van der Waals surface area contributed by atoms with Gasteiger partial charge in [0.05, 0.1) is 33.0 Å². The lowest BCUT2D eigenvalue weighted by molar-refractivity contribution is -0.122. The van der Waals surface area contributed by atoms with Crippen molar-refractivity contribution in [1.82, 2.24) is 10.6 Å². The van der Waals surface area contributed by atoms with Crippen LogP contribution < -0.4 is 10.6 Å². The van der Waals surface area contributed by atoms with E-state index in [1.807, 2.05) is 0 Å². The molecule has 0 unspecified atom stereocenters. The van der Waals surface area contributed by atoms with E-state index in [1.54, 1.807) is 0 Å². The lowest BCUT2D eigenvalue weighted by Gasteiger charge is -2.09. The molecule has 0 aromatic heterocycles. The summed E-state index contributed by atoms with van der Waals surface area (Å²) in [5, 5.41) is 6.07. The topological polar surface area (TPSA) is 68.8 Å². The molecule has 0 bridgehead atoms. The Labute approximate surface area is 135 Å². The first-order valence-electron chi connectivity index (χ1n) is 8.40. The zero-order chi connectivity index (χ0) is 16.5. The third-order valence-electron chi connectivity index (χ3n) is 2.86. The van der Waals surface area contributed by atoms with Gasteiger partial charge in [0.25, 0.3) is 0 Å². The molecule has 0 heterocycles. The number of carbonyl (C=O) groups is 1. The highest BCUT2D eigenvalue weighted by molar-refractivity contribution is 5.75. The predicted octanol–water partition coefficient (Wildman–Crippen LogP) is 1.34. The third kappa shape index (κ3) is 17.4. The van der Waals surface area contributed by atoms with Crippen molar-refractivity contribution in [3.8, 4) is 0 Å². The normalized spacial score (nSPS) is 11.1. The van der Waals surface area contributed by atoms with Crippen molar-refractivity contribution >= 4 is 5.91 Å². The van der Waals surface area contributed by atoms with Crippen molar-refractivity contribution in [2.75, 3.05) is 52.7 Å². The van der Waals surface area contributed by atoms with Gasteiger partial charge in [-0.3, -0.25) is 4.79 Å². The van der Waals surface area contributed by atoms with Crippen molar-refractivity contribution in [3.63, 3.8) is 0 Å². The molecule has 6 nitrogen and oxygen atoms in total. The second-order valence-electron chi connectivity index (χ2n) is 5.40. The average molecular weight is 318 g/mol. The first-order valence-corrected chi connectivity index (χ1v) is 8.40. The van der Waals surface area contributed by atoms with Gasteiger partial charge >= 0.3 is 0 Å². The van der Waals surface area contributed by atoms with E-state index in [0.717, 1.165) is 26.0 Å². The second kappa shape index (κ2) is 16.7. The predicted molar refractivity (Wildman–Crippen MR) is 88.1 cm³/mol. The monoisotopic (exact) mass is 318 g/mol. The number of hydrogen-bond acceptors (Lipinski definition) is 5. The van der Waals surface area contributed by atoms with Crippen LogP contribution in [-0.2, 0) is 19.0 Å². The second-order valence-corrected chi connectivity index (χ2v) is 5.40. The number of hydrogen-bond donors (Lipinski definition) is 2. The maximum atomic E-state index is 11.5. The molecular formula is C16H34N2O4. The van der Waals surface area contributed by atoms with Crippen LogP contribution >= 0.6 is 0 Å². The molecule has 0 aliphatic heterocycles. The molecule has 0 aromatic carbocycles. The average Bonchev–Trinajstić information content (AvgIpc) is 2.48. The Balaban J connectivity index is 3.15. The number of rotatable bonds is 16. The summed E-state index contributed by atoms with van der Waals surface area (Å²) in [6.45, 7) is 11.3. The zero-order valence-electron chi connectivity index (χ0n) is 14.5. The molecule has 22 heavy (non-hydrogen) atoms. The fraction of sp³-hybridized carbons (Fsp3) is 0.938. The molecule has 0 radical (unpaired) electrons. The molecule has 6 heteroatoms. The molecule has 0 rings (SSSR count). The summed E-state index contributed by atoms with van der Waals surface area (Å²) in [6, 6.07) is 0.482. The van der Waals surface area contributed by atoms with E-state index in [9.17, 15) is 4.79 Å². The van der Waals surface area contributed by atoms with Crippen LogP contribution in [-0.4, -0.2) is 64.7 Å². The van der Waals surface area contributed by atoms with Gasteiger partial charge in [-0.1, -0.05) is 27.2 Å². The molecule has 0 aromatic rings. The summed E-state index contributed by atoms with van der Waals surface area (Å²) in [7, 11) is 0. The van der Waals surface area contributed by atoms with Crippen molar-refractivity contribution in [2.24, 2.45) is 0 Å². The molecule has 0 atom stereocenters. The van der Waals surface area contributed by atoms with E-state index in [0.29, 0.717) is 52.0 Å². The van der Waals surface area contributed by atoms with Crippen LogP contribution in [0.15, 0.2) is 0 Å². The number of ether oxygens (including phenoxy) is 3. The molecule has 0 spiro atoms. The Morgan fingerprint density at radius 3 is 2.23 bits per heavy atom. The van der Waals surface area contributed by atoms with Gasteiger partial charge in [-0.15, -0.1) is 0 Å². The van der Waals surface area contributed by atoms with Gasteiger partial charge in [0.2, 0.25) is 5.91 Å². The molecule has 0 saturated heterocycles. The van der Waals surface area contributed by atoms with Gasteiger partial charge in [0.1, 0.15) is 0 Å². The highest BCUT2D eigenvalue weighted by Crippen LogP contribution is 1.88. The summed E-state index contributed by atoms with van der Waals surface area (Å²) in [5.41, 5.74) is 0. The highest BCUT2D eigenvalue weighted by Gasteiger charge is 2.00. The summed E-state index contributed by atoms with van der Waals surface area (Å²) in [4.78, 5) is 11.5. The largest absolute Gasteiger partial charge is 0.380 e. The van der Waals surface area contributed by atoms with E-state index < -0.39 is 0 Å². The van der Waals surface area contributed by atoms with Gasteiger partial charge in [0, 0.05) is 32.2 Å². The lowest BCUT2D eigenvalue weighted by atomic mass is 10.4. The van der Waals surface area contributed by atoms with Gasteiger partial charge in [-0.05, 0) is 6.42 Å². The molecule has 132 valence electrons. The molecular weight excluding hydrogens is 284 g/mol. The third-order valence-corrected chi connectivity index (χ3v) is 2.86. The van der Waals surface area contributed by atoms with Crippen LogP contribution in [0.2, 0.25) is 0 Å². The summed E-state index contributed by atoms with van der Waals surface area (Å²) >= 11 is 0. The van der Waals surface area contributed by atoms with Crippen LogP contribution in [0, 0.1) is 0 Å². The minimum atomic E-state index is 0.00106. The molecule has 0 saturated carbocycles. The minimum absolute atomic E-state index is 0.00106. The standard InChI is InChI=1S/C16H34N2O4/c1-4-5-9-20-12-8-18-16(19)6-10-21-13-14-22-11-7-17-15(2)3/h15,17H,4-14H2,1-3H3,(H,18,19). The Morgan fingerprint density at radius 2 is 1.55 bits per heavy atom. The Bertz CT molecular complexity index is 250. The maximum Gasteiger partial charge on any atom is 0.222 e. The van der Waals surface area contributed by atoms with Gasteiger partial charge in [0.15, 0.2) is 0 Å². The first-order chi connectivity index (χ1) is 10.7. The summed E-state index contributed by atoms with van der Waals surface area (Å²) in [5.74, 6) is 0.00106. The minimum Gasteiger partial charge on any atom is -0.380 e. The first kappa shape index (κ1) is 21.3. The van der Waals surface area contributed by atoms with E-state index >= 15 is 0 Å². The molecule has 0 fully saturated rings. The van der Waals surface area contributed by atoms with Gasteiger partial charge in [-0.25, -0.2) is 0 Å². The van der Waals surface area contributed by atoms with E-state index in [2.05, 4.69) is 31.4 Å². The maximum absolute atomic E-state index is 11.5. The molecule has 2 N–H and O–H groups in total. The number of amides is 1. The lowest BCUT2D eigenvalue weighted by Crippen LogP contribution is -2.28. The zero-order valence-corrected chi connectivity index (χ0v) is 14.5. The van der Waals surface area contributed by atoms with Crippen molar-refractivity contribution in [3.05, 3.63) is 0 Å². The summed E-state index contributed by atoms with van der Waals surface area (Å²) in [6.07, 6.45) is 2.57. The van der Waals surface area contributed by atoms with Gasteiger partial charge in [-0.2, -0.15) is 0 Å². The quantitative estimate of drug-likeness (QED) is 0.420. The smallest absolute Gasteiger partial charge is 0.222 e. The fourth-order valence-corrected chi connectivity index (χ4v) is 1.61. The van der Waals surface area contributed by atoms with Crippen molar-refractivity contribution < 1.29 is 19.0 Å². The number of nitrogens with one attached hydrogen (secondary N) is 2. The van der Waals surface area contributed by atoms with Crippen LogP contribution in [0.5, 0.6) is 0 Å². The Hall–Kier alpha value is -0.690. The van der Waals surface area contributed by atoms with Gasteiger partial charge < -0.3 is 24.8 Å². The Kier molecular flexibility index (Phi) is 16.2. The molecule has 0 aliphatic carbocycles. The SMILES string of the molecule is CCCCOCCNC(=O)CCOCCOCCNC(C)C. The van der Waals surface area contributed by atoms with Crippen LogP contribution in [0.3, 0.4) is 0 Å². The molecule has 1 amide bonds. The van der Waals surface area contributed by atoms with Crippen molar-refractivity contribution in [2.45, 2.75) is 46.1 Å². The van der Waals surface area contributed by atoms with Crippen LogP contribution in [0.25, 0.3) is 0 Å². The van der Waals surface area contributed by atoms with E-state index in [4.69, 9.17) is 14.2 Å². The van der Waals surface area contributed by atoms with Crippen LogP contribution in [0.4, 0.5) is 0 Å². The highest BCUT2D eigenvalue weighted by atomic mass is 16.5. The Morgan fingerprint density at radius 1 is 0.909 bits per heavy atom. The van der Waals surface area contributed by atoms with E-state index in [-0.39, 0.29) is 5.91 Å². The number of carbonyl (C=O) groups excluding carboxylic acids is 1.